The highest BCUT2D eigenvalue weighted by atomic mass is 15.3. The van der Waals surface area contributed by atoms with Crippen molar-refractivity contribution in [3.63, 3.8) is 0 Å². The monoisotopic (exact) mass is 236 g/mol. The Balaban J connectivity index is 1.87. The maximum Gasteiger partial charge on any atom is 0.160 e. The van der Waals surface area contributed by atoms with E-state index in [-0.39, 0.29) is 0 Å². The molecule has 0 amide bonds. The van der Waals surface area contributed by atoms with Crippen LogP contribution in [0.2, 0.25) is 0 Å². The first-order valence-electron chi connectivity index (χ1n) is 5.79. The van der Waals surface area contributed by atoms with E-state index in [9.17, 15) is 0 Å². The van der Waals surface area contributed by atoms with E-state index in [1.54, 1.807) is 0 Å². The number of anilines is 1. The van der Waals surface area contributed by atoms with E-state index in [2.05, 4.69) is 32.9 Å². The van der Waals surface area contributed by atoms with Crippen molar-refractivity contribution in [2.45, 2.75) is 6.54 Å². The molecule has 0 unspecified atom stereocenters. The van der Waals surface area contributed by atoms with E-state index in [1.807, 2.05) is 42.5 Å². The van der Waals surface area contributed by atoms with Crippen molar-refractivity contribution in [1.82, 2.24) is 15.4 Å². The lowest BCUT2D eigenvalue weighted by Crippen LogP contribution is -2.03. The zero-order valence-electron chi connectivity index (χ0n) is 9.74. The van der Waals surface area contributed by atoms with E-state index in [0.29, 0.717) is 0 Å². The molecular weight excluding hydrogens is 224 g/mol. The Morgan fingerprint density at radius 3 is 2.50 bits per heavy atom. The third-order valence-electron chi connectivity index (χ3n) is 2.76. The van der Waals surface area contributed by atoms with Gasteiger partial charge in [-0.25, -0.2) is 0 Å². The first-order chi connectivity index (χ1) is 8.93. The van der Waals surface area contributed by atoms with Crippen LogP contribution < -0.4 is 5.32 Å². The van der Waals surface area contributed by atoms with Crippen LogP contribution in [0, 0.1) is 0 Å². The van der Waals surface area contributed by atoms with Gasteiger partial charge in [-0.2, -0.15) is 0 Å². The van der Waals surface area contributed by atoms with Crippen molar-refractivity contribution in [2.24, 2.45) is 0 Å². The van der Waals surface area contributed by atoms with Gasteiger partial charge in [0.2, 0.25) is 0 Å². The predicted molar refractivity (Wildman–Crippen MR) is 71.1 cm³/mol. The quantitative estimate of drug-likeness (QED) is 0.759. The zero-order chi connectivity index (χ0) is 12.2. The van der Waals surface area contributed by atoms with Gasteiger partial charge < -0.3 is 5.32 Å². The molecule has 0 spiro atoms. The van der Waals surface area contributed by atoms with Crippen molar-refractivity contribution in [2.75, 3.05) is 5.32 Å². The molecule has 0 bridgehead atoms. The second-order valence-corrected chi connectivity index (χ2v) is 3.99. The highest BCUT2D eigenvalue weighted by molar-refractivity contribution is 5.88. The normalized spacial score (nSPS) is 10.4. The summed E-state index contributed by atoms with van der Waals surface area (Å²) in [6, 6.07) is 18.0. The van der Waals surface area contributed by atoms with Gasteiger partial charge in [-0.05, 0) is 22.9 Å². The number of fused-ring (bicyclic) bond motifs is 1. The Hall–Kier alpha value is -2.49. The van der Waals surface area contributed by atoms with Crippen LogP contribution in [0.15, 0.2) is 54.6 Å². The highest BCUT2D eigenvalue weighted by Gasteiger charge is 2.03. The number of nitrogens with zero attached hydrogens (tertiary/aromatic N) is 3. The summed E-state index contributed by atoms with van der Waals surface area (Å²) in [5.41, 5.74) is 2.06. The molecule has 0 saturated carbocycles. The second-order valence-electron chi connectivity index (χ2n) is 3.99. The van der Waals surface area contributed by atoms with Crippen LogP contribution in [-0.2, 0) is 6.54 Å². The van der Waals surface area contributed by atoms with Gasteiger partial charge in [0.05, 0.1) is 5.52 Å². The first-order valence-corrected chi connectivity index (χ1v) is 5.79. The van der Waals surface area contributed by atoms with Crippen molar-refractivity contribution >= 4 is 16.7 Å². The minimum Gasteiger partial charge on any atom is -0.364 e. The summed E-state index contributed by atoms with van der Waals surface area (Å²) >= 11 is 0. The van der Waals surface area contributed by atoms with E-state index >= 15 is 0 Å². The van der Waals surface area contributed by atoms with Crippen molar-refractivity contribution in [3.05, 3.63) is 60.2 Å². The molecule has 18 heavy (non-hydrogen) atoms. The summed E-state index contributed by atoms with van der Waals surface area (Å²) < 4.78 is 0. The molecule has 0 radical (unpaired) electrons. The lowest BCUT2D eigenvalue weighted by Gasteiger charge is -2.06. The van der Waals surface area contributed by atoms with E-state index < -0.39 is 0 Å². The number of aromatic nitrogens is 3. The van der Waals surface area contributed by atoms with Crippen LogP contribution in [0.5, 0.6) is 0 Å². The van der Waals surface area contributed by atoms with Gasteiger partial charge in [0.15, 0.2) is 5.82 Å². The zero-order valence-corrected chi connectivity index (χ0v) is 9.74. The Kier molecular flexibility index (Phi) is 2.84. The fourth-order valence-corrected chi connectivity index (χ4v) is 1.84. The maximum atomic E-state index is 4.05. The van der Waals surface area contributed by atoms with Crippen molar-refractivity contribution in [3.8, 4) is 0 Å². The third-order valence-corrected chi connectivity index (χ3v) is 2.76. The molecule has 4 heteroatoms. The van der Waals surface area contributed by atoms with Crippen molar-refractivity contribution < 1.29 is 0 Å². The van der Waals surface area contributed by atoms with Gasteiger partial charge >= 0.3 is 0 Å². The van der Waals surface area contributed by atoms with Gasteiger partial charge in [0.25, 0.3) is 0 Å². The number of hydrogen-bond donors (Lipinski definition) is 1. The van der Waals surface area contributed by atoms with Gasteiger partial charge in [-0.1, -0.05) is 42.5 Å². The predicted octanol–water partition coefficient (Wildman–Crippen LogP) is 2.64. The van der Waals surface area contributed by atoms with Gasteiger partial charge in [-0.15, -0.1) is 10.2 Å². The fourth-order valence-electron chi connectivity index (χ4n) is 1.84. The molecule has 88 valence electrons. The number of nitrogens with one attached hydrogen (secondary N) is 1. The van der Waals surface area contributed by atoms with Gasteiger partial charge in [-0.3, -0.25) is 0 Å². The largest absolute Gasteiger partial charge is 0.364 e. The van der Waals surface area contributed by atoms with E-state index in [1.165, 1.54) is 5.56 Å². The highest BCUT2D eigenvalue weighted by Crippen LogP contribution is 2.17. The molecular formula is C14H12N4. The molecule has 2 aromatic carbocycles. The summed E-state index contributed by atoms with van der Waals surface area (Å²) in [6.45, 7) is 0.726. The van der Waals surface area contributed by atoms with Crippen LogP contribution in [-0.4, -0.2) is 15.4 Å². The van der Waals surface area contributed by atoms with E-state index in [0.717, 1.165) is 23.3 Å². The molecule has 0 fully saturated rings. The minimum absolute atomic E-state index is 0.726. The average Bonchev–Trinajstić information content (AvgIpc) is 2.46. The molecule has 0 aliphatic rings. The lowest BCUT2D eigenvalue weighted by molar-refractivity contribution is 0.890. The molecule has 1 aromatic heterocycles. The fraction of sp³-hybridized carbons (Fsp3) is 0.0714. The summed E-state index contributed by atoms with van der Waals surface area (Å²) in [6.07, 6.45) is 0. The van der Waals surface area contributed by atoms with Crippen LogP contribution >= 0.6 is 0 Å². The average molecular weight is 236 g/mol. The molecule has 3 rings (SSSR count). The Labute approximate surface area is 105 Å². The molecule has 4 nitrogen and oxygen atoms in total. The lowest BCUT2D eigenvalue weighted by atomic mass is 10.2. The smallest absolute Gasteiger partial charge is 0.160 e. The molecule has 0 saturated heterocycles. The Bertz CT molecular complexity index is 647. The second kappa shape index (κ2) is 4.79. The van der Waals surface area contributed by atoms with Crippen LogP contribution in [0.3, 0.4) is 0 Å². The summed E-state index contributed by atoms with van der Waals surface area (Å²) in [4.78, 5) is 0. The van der Waals surface area contributed by atoms with Crippen molar-refractivity contribution in [1.29, 1.82) is 0 Å². The molecule has 1 N–H and O–H groups in total. The van der Waals surface area contributed by atoms with Crippen LogP contribution in [0.1, 0.15) is 5.56 Å². The minimum atomic E-state index is 0.726. The summed E-state index contributed by atoms with van der Waals surface area (Å²) in [5.74, 6) is 0.768. The van der Waals surface area contributed by atoms with Crippen LogP contribution in [0.25, 0.3) is 10.9 Å². The summed E-state index contributed by atoms with van der Waals surface area (Å²) in [7, 11) is 0. The van der Waals surface area contributed by atoms with Gasteiger partial charge in [0, 0.05) is 11.9 Å². The number of hydrogen-bond acceptors (Lipinski definition) is 4. The maximum absolute atomic E-state index is 4.05. The Morgan fingerprint density at radius 2 is 1.61 bits per heavy atom. The number of benzene rings is 2. The third kappa shape index (κ3) is 2.13. The molecule has 3 aromatic rings. The SMILES string of the molecule is c1ccc(CNc2nnnc3ccccc23)cc1. The molecule has 0 aliphatic carbocycles. The number of rotatable bonds is 3. The summed E-state index contributed by atoms with van der Waals surface area (Å²) in [5, 5.41) is 16.1. The molecule has 0 aliphatic heterocycles. The molecule has 0 atom stereocenters. The first kappa shape index (κ1) is 10.7. The van der Waals surface area contributed by atoms with E-state index in [4.69, 9.17) is 0 Å². The Morgan fingerprint density at radius 1 is 0.833 bits per heavy atom. The van der Waals surface area contributed by atoms with Crippen LogP contribution in [0.4, 0.5) is 5.82 Å². The van der Waals surface area contributed by atoms with Gasteiger partial charge in [0.1, 0.15) is 0 Å². The molecule has 1 heterocycles. The standard InChI is InChI=1S/C14H12N4/c1-2-6-11(7-3-1)10-15-14-12-8-4-5-9-13(12)16-18-17-14/h1-9H,10H2,(H,15,16,17). The topological polar surface area (TPSA) is 50.7 Å².